The van der Waals surface area contributed by atoms with Crippen LogP contribution >= 0.6 is 0 Å². The maximum atomic E-state index is 5.90. The highest BCUT2D eigenvalue weighted by Crippen LogP contribution is 2.45. The van der Waals surface area contributed by atoms with Gasteiger partial charge in [-0.1, -0.05) is 55.4 Å². The molecule has 0 bridgehead atoms. The molecule has 0 aromatic rings. The first-order chi connectivity index (χ1) is 13.1. The topological polar surface area (TPSA) is 21.7 Å². The standard InChI is InChI=1S/C23H55NO2Si3/c1-19(2)29(20(3)4,21(5)6)24(15-22(7)17-27(11,12)25-9)16-23(8)18-28(13,14)26-10/h19-23H,15-18H2,1-14H3. The van der Waals surface area contributed by atoms with Gasteiger partial charge in [0.1, 0.15) is 8.24 Å². The van der Waals surface area contributed by atoms with Gasteiger partial charge in [-0.05, 0) is 79.8 Å². The Bertz CT molecular complexity index is 419. The summed E-state index contributed by atoms with van der Waals surface area (Å²) in [7, 11) is -0.967. The summed E-state index contributed by atoms with van der Waals surface area (Å²) in [5, 5.41) is 0. The minimum atomic E-state index is -1.67. The molecule has 3 nitrogen and oxygen atoms in total. The lowest BCUT2D eigenvalue weighted by Crippen LogP contribution is -2.62. The molecule has 0 aromatic heterocycles. The van der Waals surface area contributed by atoms with E-state index in [2.05, 4.69) is 86.1 Å². The summed E-state index contributed by atoms with van der Waals surface area (Å²) in [6.45, 7) is 31.8. The zero-order valence-corrected chi connectivity index (χ0v) is 25.5. The van der Waals surface area contributed by atoms with Gasteiger partial charge in [0.25, 0.3) is 0 Å². The fourth-order valence-electron chi connectivity index (χ4n) is 6.21. The van der Waals surface area contributed by atoms with Gasteiger partial charge in [-0.2, -0.15) is 0 Å². The summed E-state index contributed by atoms with van der Waals surface area (Å²) in [6, 6.07) is 2.48. The van der Waals surface area contributed by atoms with Crippen molar-refractivity contribution in [2.75, 3.05) is 27.3 Å². The predicted octanol–water partition coefficient (Wildman–Crippen LogP) is 7.44. The Morgan fingerprint density at radius 2 is 0.862 bits per heavy atom. The molecule has 0 aromatic carbocycles. The molecule has 0 rings (SSSR count). The maximum Gasteiger partial charge on any atom is 0.186 e. The first kappa shape index (κ1) is 29.5. The van der Waals surface area contributed by atoms with Gasteiger partial charge in [-0.3, -0.25) is 0 Å². The Labute approximate surface area is 187 Å². The van der Waals surface area contributed by atoms with Gasteiger partial charge in [-0.15, -0.1) is 0 Å². The van der Waals surface area contributed by atoms with Gasteiger partial charge in [0, 0.05) is 14.2 Å². The smallest absolute Gasteiger partial charge is 0.186 e. The molecule has 6 heteroatoms. The minimum absolute atomic E-state index is 0.680. The molecule has 0 aliphatic carbocycles. The van der Waals surface area contributed by atoms with Gasteiger partial charge >= 0.3 is 0 Å². The average Bonchev–Trinajstić information content (AvgIpc) is 2.52. The van der Waals surface area contributed by atoms with Crippen LogP contribution in [0.4, 0.5) is 0 Å². The molecular formula is C23H55NO2Si3. The lowest BCUT2D eigenvalue weighted by molar-refractivity contribution is 0.296. The number of hydrogen-bond acceptors (Lipinski definition) is 3. The third kappa shape index (κ3) is 8.53. The van der Waals surface area contributed by atoms with Crippen molar-refractivity contribution in [3.8, 4) is 0 Å². The van der Waals surface area contributed by atoms with Crippen molar-refractivity contribution >= 4 is 24.9 Å². The summed E-state index contributed by atoms with van der Waals surface area (Å²) in [5.41, 5.74) is 2.26. The van der Waals surface area contributed by atoms with E-state index in [1.807, 2.05) is 14.2 Å². The summed E-state index contributed by atoms with van der Waals surface area (Å²) in [6.07, 6.45) is 0. The van der Waals surface area contributed by atoms with Crippen LogP contribution in [0.25, 0.3) is 0 Å². The van der Waals surface area contributed by atoms with Crippen molar-refractivity contribution in [3.63, 3.8) is 0 Å². The molecule has 0 amide bonds. The molecule has 0 N–H and O–H groups in total. The van der Waals surface area contributed by atoms with Gasteiger partial charge in [0.05, 0.1) is 0 Å². The minimum Gasteiger partial charge on any atom is -0.420 e. The van der Waals surface area contributed by atoms with E-state index in [1.54, 1.807) is 0 Å². The van der Waals surface area contributed by atoms with Gasteiger partial charge in [-0.25, -0.2) is 0 Å². The van der Waals surface area contributed by atoms with E-state index in [4.69, 9.17) is 8.85 Å². The Hall–Kier alpha value is 0.531. The molecule has 0 radical (unpaired) electrons. The second-order valence-electron chi connectivity index (χ2n) is 11.8. The van der Waals surface area contributed by atoms with E-state index in [9.17, 15) is 0 Å². The Kier molecular flexibility index (Phi) is 12.2. The van der Waals surface area contributed by atoms with E-state index >= 15 is 0 Å². The first-order valence-corrected chi connectivity index (χ1v) is 20.3. The molecule has 0 heterocycles. The van der Waals surface area contributed by atoms with E-state index in [0.29, 0.717) is 11.8 Å². The third-order valence-corrected chi connectivity index (χ3v) is 19.8. The van der Waals surface area contributed by atoms with Crippen molar-refractivity contribution in [1.82, 2.24) is 4.57 Å². The van der Waals surface area contributed by atoms with Crippen LogP contribution in [-0.2, 0) is 8.85 Å². The third-order valence-electron chi connectivity index (χ3n) is 7.17. The van der Waals surface area contributed by atoms with Crippen molar-refractivity contribution in [2.45, 2.75) is 110 Å². The number of nitrogens with zero attached hydrogens (tertiary/aromatic N) is 1. The van der Waals surface area contributed by atoms with E-state index in [1.165, 1.54) is 25.2 Å². The summed E-state index contributed by atoms with van der Waals surface area (Å²) < 4.78 is 14.8. The first-order valence-electron chi connectivity index (χ1n) is 11.9. The quantitative estimate of drug-likeness (QED) is 0.251. The van der Waals surface area contributed by atoms with Crippen LogP contribution in [0.1, 0.15) is 55.4 Å². The Morgan fingerprint density at radius 3 is 1.07 bits per heavy atom. The van der Waals surface area contributed by atoms with Gasteiger partial charge in [0.15, 0.2) is 16.6 Å². The highest BCUT2D eigenvalue weighted by atomic mass is 28.4. The molecule has 2 unspecified atom stereocenters. The van der Waals surface area contributed by atoms with Crippen molar-refractivity contribution < 1.29 is 8.85 Å². The van der Waals surface area contributed by atoms with Crippen LogP contribution in [0.3, 0.4) is 0 Å². The van der Waals surface area contributed by atoms with Crippen molar-refractivity contribution in [3.05, 3.63) is 0 Å². The molecule has 0 aliphatic heterocycles. The van der Waals surface area contributed by atoms with Gasteiger partial charge in [0.2, 0.25) is 0 Å². The molecule has 0 saturated carbocycles. The molecule has 0 spiro atoms. The predicted molar refractivity (Wildman–Crippen MR) is 140 cm³/mol. The second kappa shape index (κ2) is 12.0. The fraction of sp³-hybridized carbons (Fsp3) is 1.00. The molecule has 2 atom stereocenters. The van der Waals surface area contributed by atoms with Crippen LogP contribution < -0.4 is 0 Å². The Balaban J connectivity index is 5.90. The summed E-state index contributed by atoms with van der Waals surface area (Å²) in [4.78, 5) is 0. The molecule has 29 heavy (non-hydrogen) atoms. The van der Waals surface area contributed by atoms with Gasteiger partial charge < -0.3 is 13.4 Å². The second-order valence-corrected chi connectivity index (χ2v) is 26.3. The highest BCUT2D eigenvalue weighted by Gasteiger charge is 2.48. The molecule has 0 fully saturated rings. The Morgan fingerprint density at radius 1 is 0.586 bits per heavy atom. The molecular weight excluding hydrogens is 407 g/mol. The maximum absolute atomic E-state index is 5.90. The van der Waals surface area contributed by atoms with Crippen molar-refractivity contribution in [2.24, 2.45) is 11.8 Å². The summed E-state index contributed by atoms with van der Waals surface area (Å²) in [5.74, 6) is 1.36. The monoisotopic (exact) mass is 461 g/mol. The highest BCUT2D eigenvalue weighted by molar-refractivity contribution is 6.81. The lowest BCUT2D eigenvalue weighted by atomic mass is 10.2. The molecule has 176 valence electrons. The van der Waals surface area contributed by atoms with Crippen LogP contribution in [0.2, 0.25) is 54.9 Å². The average molecular weight is 462 g/mol. The zero-order chi connectivity index (χ0) is 23.2. The van der Waals surface area contributed by atoms with Crippen LogP contribution in [0, 0.1) is 11.8 Å². The molecule has 0 saturated heterocycles. The lowest BCUT2D eigenvalue weighted by Gasteiger charge is -2.53. The summed E-state index contributed by atoms with van der Waals surface area (Å²) >= 11 is 0. The number of rotatable bonds is 14. The van der Waals surface area contributed by atoms with Crippen LogP contribution in [0.5, 0.6) is 0 Å². The molecule has 0 aliphatic rings. The largest absolute Gasteiger partial charge is 0.420 e. The van der Waals surface area contributed by atoms with Crippen LogP contribution in [0.15, 0.2) is 0 Å². The SMILES string of the molecule is CO[Si](C)(C)CC(C)CN(CC(C)C[Si](C)(C)OC)[Si](C(C)C)(C(C)C)C(C)C. The fourth-order valence-corrected chi connectivity index (χ4v) is 17.6. The van der Waals surface area contributed by atoms with E-state index in [0.717, 1.165) is 16.6 Å². The number of hydrogen-bond donors (Lipinski definition) is 0. The van der Waals surface area contributed by atoms with E-state index in [-0.39, 0.29) is 0 Å². The normalized spacial score (nSPS) is 16.3. The zero-order valence-electron chi connectivity index (χ0n) is 22.5. The van der Waals surface area contributed by atoms with Crippen molar-refractivity contribution in [1.29, 1.82) is 0 Å². The van der Waals surface area contributed by atoms with E-state index < -0.39 is 24.9 Å². The van der Waals surface area contributed by atoms with Crippen LogP contribution in [-0.4, -0.2) is 56.7 Å².